The van der Waals surface area contributed by atoms with Gasteiger partial charge in [0.15, 0.2) is 0 Å². The largest absolute Gasteiger partial charge is 0.369 e. The molecule has 5 aliphatic carbocycles. The Morgan fingerprint density at radius 3 is 2.64 bits per heavy atom. The summed E-state index contributed by atoms with van der Waals surface area (Å²) in [5.41, 5.74) is 8.94. The van der Waals surface area contributed by atoms with Gasteiger partial charge in [-0.2, -0.15) is 0 Å². The van der Waals surface area contributed by atoms with E-state index in [9.17, 15) is 4.79 Å². The highest BCUT2D eigenvalue weighted by molar-refractivity contribution is 5.77. The van der Waals surface area contributed by atoms with Gasteiger partial charge in [0.2, 0.25) is 5.91 Å². The smallest absolute Gasteiger partial charge is 0.220 e. The van der Waals surface area contributed by atoms with Crippen molar-refractivity contribution in [2.24, 2.45) is 47.2 Å². The Balaban J connectivity index is 1.47. The molecule has 0 bridgehead atoms. The van der Waals surface area contributed by atoms with Crippen LogP contribution in [0.3, 0.4) is 0 Å². The summed E-state index contributed by atoms with van der Waals surface area (Å²) in [7, 11) is 0. The van der Waals surface area contributed by atoms with E-state index in [0.717, 1.165) is 48.3 Å². The monoisotopic (exact) mass is 339 g/mol. The fourth-order valence-electron chi connectivity index (χ4n) is 7.46. The lowest BCUT2D eigenvalue weighted by molar-refractivity contribution is -0.122. The fourth-order valence-corrected chi connectivity index (χ4v) is 7.46. The van der Waals surface area contributed by atoms with Gasteiger partial charge < -0.3 is 5.73 Å². The second-order valence-corrected chi connectivity index (χ2v) is 9.63. The summed E-state index contributed by atoms with van der Waals surface area (Å²) in [5.74, 6) is 5.27. The predicted octanol–water partition coefficient (Wildman–Crippen LogP) is 5.00. The van der Waals surface area contributed by atoms with Crippen molar-refractivity contribution < 1.29 is 4.79 Å². The molecule has 3 fully saturated rings. The van der Waals surface area contributed by atoms with Gasteiger partial charge in [-0.05, 0) is 92.4 Å². The number of hydrogen-bond acceptors (Lipinski definition) is 1. The normalized spacial score (nSPS) is 45.8. The van der Waals surface area contributed by atoms with E-state index in [-0.39, 0.29) is 11.8 Å². The van der Waals surface area contributed by atoms with Crippen LogP contribution in [0.1, 0.15) is 70.6 Å². The molecular weight excluding hydrogens is 306 g/mol. The van der Waals surface area contributed by atoms with Gasteiger partial charge in [-0.3, -0.25) is 4.79 Å². The van der Waals surface area contributed by atoms with Crippen molar-refractivity contribution in [3.05, 3.63) is 23.3 Å². The summed E-state index contributed by atoms with van der Waals surface area (Å²) in [6, 6.07) is 0. The van der Waals surface area contributed by atoms with Crippen LogP contribution < -0.4 is 5.73 Å². The topological polar surface area (TPSA) is 43.1 Å². The van der Waals surface area contributed by atoms with Crippen LogP contribution in [0, 0.1) is 41.4 Å². The maximum absolute atomic E-state index is 11.8. The van der Waals surface area contributed by atoms with E-state index in [1.807, 2.05) is 0 Å². The molecular formula is C23H33NO. The number of nitrogens with two attached hydrogens (primary N) is 1. The first kappa shape index (κ1) is 16.1. The van der Waals surface area contributed by atoms with Gasteiger partial charge in [0.1, 0.15) is 0 Å². The highest BCUT2D eigenvalue weighted by atomic mass is 16.1. The summed E-state index contributed by atoms with van der Waals surface area (Å²) in [6.07, 6.45) is 19.9. The molecule has 3 saturated carbocycles. The number of fused-ring (bicyclic) bond motifs is 6. The lowest BCUT2D eigenvalue weighted by Gasteiger charge is -2.51. The molecule has 0 aromatic rings. The Morgan fingerprint density at radius 2 is 1.76 bits per heavy atom. The van der Waals surface area contributed by atoms with Gasteiger partial charge in [-0.15, -0.1) is 0 Å². The Morgan fingerprint density at radius 1 is 0.920 bits per heavy atom. The van der Waals surface area contributed by atoms with Crippen molar-refractivity contribution in [3.63, 3.8) is 0 Å². The number of hydrogen-bond donors (Lipinski definition) is 1. The molecule has 2 nitrogen and oxygen atoms in total. The maximum Gasteiger partial charge on any atom is 0.220 e. The SMILES string of the molecule is NC(=O)C1CCC2CCC3C(=C2C1)C=CC1C2CCCCC2CCC31. The minimum Gasteiger partial charge on any atom is -0.369 e. The van der Waals surface area contributed by atoms with Gasteiger partial charge in [0.05, 0.1) is 0 Å². The Hall–Kier alpha value is -1.05. The first-order chi connectivity index (χ1) is 12.2. The molecule has 0 aromatic heterocycles. The van der Waals surface area contributed by atoms with Gasteiger partial charge in [0, 0.05) is 5.92 Å². The van der Waals surface area contributed by atoms with E-state index in [1.165, 1.54) is 57.8 Å². The van der Waals surface area contributed by atoms with Crippen LogP contribution in [0.4, 0.5) is 0 Å². The maximum atomic E-state index is 11.8. The zero-order chi connectivity index (χ0) is 17.0. The fraction of sp³-hybridized carbons (Fsp3) is 0.783. The second-order valence-electron chi connectivity index (χ2n) is 9.63. The molecule has 2 N–H and O–H groups in total. The van der Waals surface area contributed by atoms with Crippen molar-refractivity contribution >= 4 is 5.91 Å². The van der Waals surface area contributed by atoms with Crippen molar-refractivity contribution in [2.45, 2.75) is 70.6 Å². The van der Waals surface area contributed by atoms with Crippen LogP contribution in [0.25, 0.3) is 0 Å². The molecule has 136 valence electrons. The highest BCUT2D eigenvalue weighted by Crippen LogP contribution is 2.56. The van der Waals surface area contributed by atoms with Gasteiger partial charge in [-0.1, -0.05) is 37.0 Å². The molecule has 0 aromatic carbocycles. The minimum absolute atomic E-state index is 0.0750. The number of allylic oxidation sites excluding steroid dienone is 4. The van der Waals surface area contributed by atoms with E-state index in [4.69, 9.17) is 5.73 Å². The Kier molecular flexibility index (Phi) is 4.06. The third-order valence-corrected chi connectivity index (χ3v) is 8.66. The van der Waals surface area contributed by atoms with Crippen molar-refractivity contribution in [1.82, 2.24) is 0 Å². The average molecular weight is 340 g/mol. The molecule has 0 radical (unpaired) electrons. The summed E-state index contributed by atoms with van der Waals surface area (Å²) in [4.78, 5) is 11.8. The standard InChI is InChI=1S/C23H33NO/c24-23(25)16-6-5-15-8-10-20-19-9-7-14-3-1-2-4-17(14)18(19)11-12-21(20)22(15)13-16/h11-12,14-20H,1-10,13H2,(H2,24,25). The second kappa shape index (κ2) is 6.28. The summed E-state index contributed by atoms with van der Waals surface area (Å²) in [6.45, 7) is 0. The molecule has 1 amide bonds. The van der Waals surface area contributed by atoms with Crippen LogP contribution in [0.5, 0.6) is 0 Å². The first-order valence-electron chi connectivity index (χ1n) is 10.9. The highest BCUT2D eigenvalue weighted by Gasteiger charge is 2.46. The van der Waals surface area contributed by atoms with Crippen LogP contribution in [-0.4, -0.2) is 5.91 Å². The van der Waals surface area contributed by atoms with E-state index in [2.05, 4.69) is 12.2 Å². The van der Waals surface area contributed by atoms with Crippen LogP contribution >= 0.6 is 0 Å². The molecule has 7 atom stereocenters. The molecule has 5 aliphatic rings. The summed E-state index contributed by atoms with van der Waals surface area (Å²) in [5, 5.41) is 0. The molecule has 0 saturated heterocycles. The van der Waals surface area contributed by atoms with Crippen LogP contribution in [-0.2, 0) is 4.79 Å². The summed E-state index contributed by atoms with van der Waals surface area (Å²) < 4.78 is 0. The zero-order valence-electron chi connectivity index (χ0n) is 15.5. The van der Waals surface area contributed by atoms with E-state index >= 15 is 0 Å². The molecule has 7 unspecified atom stereocenters. The van der Waals surface area contributed by atoms with Crippen LogP contribution in [0.2, 0.25) is 0 Å². The van der Waals surface area contributed by atoms with Crippen LogP contribution in [0.15, 0.2) is 23.3 Å². The van der Waals surface area contributed by atoms with Crippen molar-refractivity contribution in [3.8, 4) is 0 Å². The molecule has 0 heterocycles. The third-order valence-electron chi connectivity index (χ3n) is 8.66. The molecule has 25 heavy (non-hydrogen) atoms. The van der Waals surface area contributed by atoms with Gasteiger partial charge >= 0.3 is 0 Å². The van der Waals surface area contributed by atoms with E-state index < -0.39 is 0 Å². The van der Waals surface area contributed by atoms with Gasteiger partial charge in [-0.25, -0.2) is 0 Å². The number of carbonyl (C=O) groups is 1. The number of primary amides is 1. The predicted molar refractivity (Wildman–Crippen MR) is 101 cm³/mol. The first-order valence-corrected chi connectivity index (χ1v) is 10.9. The minimum atomic E-state index is -0.0750. The van der Waals surface area contributed by atoms with E-state index in [1.54, 1.807) is 11.1 Å². The number of rotatable bonds is 1. The molecule has 5 rings (SSSR count). The lowest BCUT2D eigenvalue weighted by atomic mass is 9.53. The Bertz CT molecular complexity index is 618. The summed E-state index contributed by atoms with van der Waals surface area (Å²) >= 11 is 0. The quantitative estimate of drug-likeness (QED) is 0.718. The average Bonchev–Trinajstić information content (AvgIpc) is 2.66. The molecule has 0 spiro atoms. The number of amides is 1. The lowest BCUT2D eigenvalue weighted by Crippen LogP contribution is -2.42. The van der Waals surface area contributed by atoms with Crippen molar-refractivity contribution in [1.29, 1.82) is 0 Å². The van der Waals surface area contributed by atoms with E-state index in [0.29, 0.717) is 0 Å². The van der Waals surface area contributed by atoms with Gasteiger partial charge in [0.25, 0.3) is 0 Å². The van der Waals surface area contributed by atoms with Crippen molar-refractivity contribution in [2.75, 3.05) is 0 Å². The number of carbonyl (C=O) groups excluding carboxylic acids is 1. The molecule has 2 heteroatoms. The zero-order valence-corrected chi connectivity index (χ0v) is 15.5. The Labute approximate surface area is 152 Å². The molecule has 0 aliphatic heterocycles. The third kappa shape index (κ3) is 2.62.